The van der Waals surface area contributed by atoms with E-state index in [9.17, 15) is 4.79 Å². The molecule has 1 aliphatic rings. The lowest BCUT2D eigenvalue weighted by atomic mass is 9.96. The average Bonchev–Trinajstić information content (AvgIpc) is 2.83. The standard InChI is InChI=1S/C14H19NO/c1-15-10-11-6-8-13(9-7-11)14(16)12-4-2-3-5-12/h6-9,12,15H,2-5,10H2,1H3. The number of Topliss-reactive ketones (excluding diaryl/α,β-unsaturated/α-hetero) is 1. The maximum absolute atomic E-state index is 12.1. The van der Waals surface area contributed by atoms with Gasteiger partial charge in [0.15, 0.2) is 5.78 Å². The molecule has 2 heteroatoms. The van der Waals surface area contributed by atoms with E-state index in [1.165, 1.54) is 18.4 Å². The fourth-order valence-electron chi connectivity index (χ4n) is 2.41. The number of nitrogens with one attached hydrogen (secondary N) is 1. The minimum absolute atomic E-state index is 0.287. The molecule has 0 atom stereocenters. The Hall–Kier alpha value is -1.15. The van der Waals surface area contributed by atoms with Gasteiger partial charge in [-0.2, -0.15) is 0 Å². The first-order chi connectivity index (χ1) is 7.81. The van der Waals surface area contributed by atoms with Gasteiger partial charge in [-0.3, -0.25) is 4.79 Å². The highest BCUT2D eigenvalue weighted by atomic mass is 16.1. The molecule has 0 bridgehead atoms. The fraction of sp³-hybridized carbons (Fsp3) is 0.500. The molecule has 1 N–H and O–H groups in total. The molecule has 1 aromatic carbocycles. The lowest BCUT2D eigenvalue weighted by Gasteiger charge is -2.08. The number of carbonyl (C=O) groups is 1. The highest BCUT2D eigenvalue weighted by Crippen LogP contribution is 2.28. The summed E-state index contributed by atoms with van der Waals surface area (Å²) in [4.78, 5) is 12.1. The van der Waals surface area contributed by atoms with Crippen LogP contribution in [0.4, 0.5) is 0 Å². The second-order valence-electron chi connectivity index (χ2n) is 4.57. The largest absolute Gasteiger partial charge is 0.316 e. The fourth-order valence-corrected chi connectivity index (χ4v) is 2.41. The molecule has 1 saturated carbocycles. The van der Waals surface area contributed by atoms with Gasteiger partial charge in [-0.15, -0.1) is 0 Å². The molecule has 0 radical (unpaired) electrons. The summed E-state index contributed by atoms with van der Waals surface area (Å²) in [5.41, 5.74) is 2.11. The number of ketones is 1. The van der Waals surface area contributed by atoms with Crippen LogP contribution in [0.5, 0.6) is 0 Å². The first-order valence-electron chi connectivity index (χ1n) is 6.09. The van der Waals surface area contributed by atoms with Crippen LogP contribution < -0.4 is 5.32 Å². The quantitative estimate of drug-likeness (QED) is 0.786. The van der Waals surface area contributed by atoms with Crippen LogP contribution in [0.1, 0.15) is 41.6 Å². The van der Waals surface area contributed by atoms with Crippen molar-refractivity contribution in [3.8, 4) is 0 Å². The number of hydrogen-bond donors (Lipinski definition) is 1. The normalized spacial score (nSPS) is 16.6. The van der Waals surface area contributed by atoms with E-state index in [0.717, 1.165) is 24.9 Å². The van der Waals surface area contributed by atoms with Crippen molar-refractivity contribution in [1.82, 2.24) is 5.32 Å². The van der Waals surface area contributed by atoms with E-state index in [2.05, 4.69) is 5.32 Å². The van der Waals surface area contributed by atoms with Gasteiger partial charge >= 0.3 is 0 Å². The summed E-state index contributed by atoms with van der Waals surface area (Å²) in [6.45, 7) is 0.859. The van der Waals surface area contributed by atoms with Crippen LogP contribution in [0.3, 0.4) is 0 Å². The van der Waals surface area contributed by atoms with Gasteiger partial charge in [-0.1, -0.05) is 37.1 Å². The topological polar surface area (TPSA) is 29.1 Å². The van der Waals surface area contributed by atoms with Crippen LogP contribution in [-0.2, 0) is 6.54 Å². The van der Waals surface area contributed by atoms with Gasteiger partial charge in [0.05, 0.1) is 0 Å². The van der Waals surface area contributed by atoms with Gasteiger partial charge < -0.3 is 5.32 Å². The summed E-state index contributed by atoms with van der Waals surface area (Å²) in [7, 11) is 1.93. The summed E-state index contributed by atoms with van der Waals surface area (Å²) in [5.74, 6) is 0.628. The molecule has 2 nitrogen and oxygen atoms in total. The Morgan fingerprint density at radius 2 is 1.88 bits per heavy atom. The van der Waals surface area contributed by atoms with Gasteiger partial charge in [0.25, 0.3) is 0 Å². The van der Waals surface area contributed by atoms with Crippen LogP contribution in [0, 0.1) is 5.92 Å². The zero-order valence-corrected chi connectivity index (χ0v) is 9.83. The zero-order valence-electron chi connectivity index (χ0n) is 9.83. The lowest BCUT2D eigenvalue weighted by Crippen LogP contribution is -2.11. The second kappa shape index (κ2) is 5.26. The summed E-state index contributed by atoms with van der Waals surface area (Å²) < 4.78 is 0. The molecule has 0 spiro atoms. The Morgan fingerprint density at radius 3 is 2.44 bits per heavy atom. The monoisotopic (exact) mass is 217 g/mol. The molecule has 0 aromatic heterocycles. The van der Waals surface area contributed by atoms with Crippen LogP contribution in [-0.4, -0.2) is 12.8 Å². The molecular formula is C14H19NO. The van der Waals surface area contributed by atoms with Crippen molar-refractivity contribution in [2.45, 2.75) is 32.2 Å². The SMILES string of the molecule is CNCc1ccc(C(=O)C2CCCC2)cc1. The van der Waals surface area contributed by atoms with Crippen molar-refractivity contribution in [2.75, 3.05) is 7.05 Å². The lowest BCUT2D eigenvalue weighted by molar-refractivity contribution is 0.0923. The van der Waals surface area contributed by atoms with E-state index in [-0.39, 0.29) is 5.92 Å². The smallest absolute Gasteiger partial charge is 0.165 e. The zero-order chi connectivity index (χ0) is 11.4. The van der Waals surface area contributed by atoms with Crippen molar-refractivity contribution >= 4 is 5.78 Å². The van der Waals surface area contributed by atoms with E-state index in [1.54, 1.807) is 0 Å². The van der Waals surface area contributed by atoms with Gasteiger partial charge in [0.2, 0.25) is 0 Å². The number of hydrogen-bond acceptors (Lipinski definition) is 2. The van der Waals surface area contributed by atoms with E-state index >= 15 is 0 Å². The van der Waals surface area contributed by atoms with Crippen molar-refractivity contribution in [2.24, 2.45) is 5.92 Å². The van der Waals surface area contributed by atoms with Crippen LogP contribution in [0.15, 0.2) is 24.3 Å². The molecule has 86 valence electrons. The highest BCUT2D eigenvalue weighted by Gasteiger charge is 2.23. The third-order valence-electron chi connectivity index (χ3n) is 3.35. The summed E-state index contributed by atoms with van der Waals surface area (Å²) in [5, 5.41) is 3.10. The summed E-state index contributed by atoms with van der Waals surface area (Å²) in [6, 6.07) is 8.01. The maximum atomic E-state index is 12.1. The predicted molar refractivity (Wildman–Crippen MR) is 65.5 cm³/mol. The first kappa shape index (κ1) is 11.3. The molecule has 1 fully saturated rings. The Morgan fingerprint density at radius 1 is 1.25 bits per heavy atom. The molecule has 2 rings (SSSR count). The predicted octanol–water partition coefficient (Wildman–Crippen LogP) is 2.78. The van der Waals surface area contributed by atoms with Gasteiger partial charge in [0, 0.05) is 18.0 Å². The first-order valence-corrected chi connectivity index (χ1v) is 6.09. The summed E-state index contributed by atoms with van der Waals surface area (Å²) in [6.07, 6.45) is 4.59. The third-order valence-corrected chi connectivity index (χ3v) is 3.35. The van der Waals surface area contributed by atoms with Crippen LogP contribution in [0.25, 0.3) is 0 Å². The van der Waals surface area contributed by atoms with Gasteiger partial charge in [-0.05, 0) is 25.5 Å². The Bertz CT molecular complexity index is 350. The van der Waals surface area contributed by atoms with Crippen molar-refractivity contribution in [3.05, 3.63) is 35.4 Å². The molecule has 1 aliphatic carbocycles. The molecule has 0 aliphatic heterocycles. The molecule has 0 amide bonds. The van der Waals surface area contributed by atoms with Crippen LogP contribution >= 0.6 is 0 Å². The Kier molecular flexibility index (Phi) is 3.73. The highest BCUT2D eigenvalue weighted by molar-refractivity contribution is 5.98. The van der Waals surface area contributed by atoms with Gasteiger partial charge in [0.1, 0.15) is 0 Å². The van der Waals surface area contributed by atoms with E-state index < -0.39 is 0 Å². The Balaban J connectivity index is 2.05. The van der Waals surface area contributed by atoms with Crippen molar-refractivity contribution in [1.29, 1.82) is 0 Å². The molecule has 0 saturated heterocycles. The van der Waals surface area contributed by atoms with E-state index in [0.29, 0.717) is 5.78 Å². The van der Waals surface area contributed by atoms with Crippen LogP contribution in [0.2, 0.25) is 0 Å². The van der Waals surface area contributed by atoms with Gasteiger partial charge in [-0.25, -0.2) is 0 Å². The molecule has 0 heterocycles. The number of rotatable bonds is 4. The minimum Gasteiger partial charge on any atom is -0.316 e. The second-order valence-corrected chi connectivity index (χ2v) is 4.57. The molecular weight excluding hydrogens is 198 g/mol. The number of carbonyl (C=O) groups excluding carboxylic acids is 1. The number of benzene rings is 1. The van der Waals surface area contributed by atoms with Crippen molar-refractivity contribution in [3.63, 3.8) is 0 Å². The minimum atomic E-state index is 0.287. The van der Waals surface area contributed by atoms with E-state index in [1.807, 2.05) is 31.3 Å². The summed E-state index contributed by atoms with van der Waals surface area (Å²) >= 11 is 0. The van der Waals surface area contributed by atoms with Crippen molar-refractivity contribution < 1.29 is 4.79 Å². The molecule has 16 heavy (non-hydrogen) atoms. The molecule has 1 aromatic rings. The Labute approximate surface area is 97.1 Å². The average molecular weight is 217 g/mol. The van der Waals surface area contributed by atoms with E-state index in [4.69, 9.17) is 0 Å². The third kappa shape index (κ3) is 2.50. The molecule has 0 unspecified atom stereocenters. The maximum Gasteiger partial charge on any atom is 0.165 e.